The van der Waals surface area contributed by atoms with E-state index in [0.29, 0.717) is 43.4 Å². The Morgan fingerprint density at radius 3 is 1.78 bits per heavy atom. The Bertz CT molecular complexity index is 1860. The zero-order chi connectivity index (χ0) is 35.0. The molecule has 2 aromatic heterocycles. The van der Waals surface area contributed by atoms with Crippen LogP contribution in [-0.4, -0.2) is 62.3 Å². The molecule has 2 N–H and O–H groups in total. The fourth-order valence-electron chi connectivity index (χ4n) is 5.85. The number of nitrogens with zero attached hydrogens (tertiary/aromatic N) is 6. The van der Waals surface area contributed by atoms with E-state index in [2.05, 4.69) is 20.1 Å². The molecule has 1 aliphatic heterocycles. The predicted octanol–water partition coefficient (Wildman–Crippen LogP) is 6.22. The van der Waals surface area contributed by atoms with E-state index in [1.807, 2.05) is 17.0 Å². The molecular weight excluding hydrogens is 657 g/mol. The van der Waals surface area contributed by atoms with E-state index < -0.39 is 53.2 Å². The monoisotopic (exact) mass is 686 g/mol. The summed E-state index contributed by atoms with van der Waals surface area (Å²) in [4.78, 5) is 8.11. The van der Waals surface area contributed by atoms with Crippen molar-refractivity contribution in [1.29, 1.82) is 0 Å². The van der Waals surface area contributed by atoms with E-state index in [1.54, 1.807) is 24.3 Å². The number of aliphatic hydroxyl groups excluding tert-OH is 1. The average Bonchev–Trinajstić information content (AvgIpc) is 3.60. The lowest BCUT2D eigenvalue weighted by Crippen LogP contribution is -2.47. The van der Waals surface area contributed by atoms with Crippen molar-refractivity contribution in [3.8, 4) is 11.1 Å². The summed E-state index contributed by atoms with van der Waals surface area (Å²) in [7, 11) is 0. The van der Waals surface area contributed by atoms with Gasteiger partial charge in [-0.3, -0.25) is 4.98 Å². The molecule has 2 atom stereocenters. The maximum atomic E-state index is 16.1. The van der Waals surface area contributed by atoms with Crippen LogP contribution in [0.2, 0.25) is 0 Å². The number of benzene rings is 3. The van der Waals surface area contributed by atoms with Gasteiger partial charge in [-0.1, -0.05) is 30.3 Å². The number of hydrogen-bond donors (Lipinski definition) is 2. The largest absolute Gasteiger partial charge is 0.418 e. The standard InChI is InChI=1S/C34H29F7N6O2/c35-25-6-11-28(29(36)17-25)32(49,19-45-20-43-44-21-45)33(37,38)30-12-5-24(18-42-30)22-1-7-26(8-2-22)46-13-15-47(16-14-46)27-9-3-23(4-10-27)31(48)34(39,40)41/h1-12,17-18,20-21,31,48-49H,13-16,19H2. The van der Waals surface area contributed by atoms with Crippen LogP contribution in [0.1, 0.15) is 22.9 Å². The molecule has 0 radical (unpaired) electrons. The minimum absolute atomic E-state index is 0.223. The number of halogens is 7. The van der Waals surface area contributed by atoms with Gasteiger partial charge < -0.3 is 24.6 Å². The van der Waals surface area contributed by atoms with Gasteiger partial charge in [-0.25, -0.2) is 8.78 Å². The molecule has 0 saturated carbocycles. The highest BCUT2D eigenvalue weighted by molar-refractivity contribution is 5.66. The van der Waals surface area contributed by atoms with Gasteiger partial charge in [-0.2, -0.15) is 22.0 Å². The number of pyridine rings is 1. The van der Waals surface area contributed by atoms with Gasteiger partial charge in [0.15, 0.2) is 11.7 Å². The van der Waals surface area contributed by atoms with Crippen molar-refractivity contribution in [2.24, 2.45) is 0 Å². The number of piperazine rings is 1. The van der Waals surface area contributed by atoms with Crippen molar-refractivity contribution < 1.29 is 40.9 Å². The lowest BCUT2D eigenvalue weighted by molar-refractivity contribution is -0.206. The summed E-state index contributed by atoms with van der Waals surface area (Å²) in [5.41, 5.74) is -2.24. The van der Waals surface area contributed by atoms with E-state index in [9.17, 15) is 32.2 Å². The normalized spacial score (nSPS) is 16.0. The van der Waals surface area contributed by atoms with Gasteiger partial charge in [0, 0.05) is 60.9 Å². The third kappa shape index (κ3) is 6.81. The number of aliphatic hydroxyl groups is 2. The van der Waals surface area contributed by atoms with Gasteiger partial charge in [0.2, 0.25) is 0 Å². The Hall–Kier alpha value is -5.02. The third-order valence-electron chi connectivity index (χ3n) is 8.59. The molecule has 0 bridgehead atoms. The zero-order valence-corrected chi connectivity index (χ0v) is 25.6. The lowest BCUT2D eigenvalue weighted by atomic mass is 9.84. The van der Waals surface area contributed by atoms with Crippen LogP contribution in [0.5, 0.6) is 0 Å². The predicted molar refractivity (Wildman–Crippen MR) is 166 cm³/mol. The highest BCUT2D eigenvalue weighted by Gasteiger charge is 2.57. The zero-order valence-electron chi connectivity index (χ0n) is 25.6. The topological polar surface area (TPSA) is 90.5 Å². The third-order valence-corrected chi connectivity index (χ3v) is 8.59. The van der Waals surface area contributed by atoms with Crippen LogP contribution in [0, 0.1) is 11.6 Å². The molecule has 0 spiro atoms. The molecule has 0 aliphatic carbocycles. The molecule has 15 heteroatoms. The van der Waals surface area contributed by atoms with Gasteiger partial charge in [0.25, 0.3) is 0 Å². The maximum absolute atomic E-state index is 16.1. The minimum Gasteiger partial charge on any atom is -0.379 e. The Kier molecular flexibility index (Phi) is 9.07. The van der Waals surface area contributed by atoms with Gasteiger partial charge in [-0.05, 0) is 53.6 Å². The second-order valence-corrected chi connectivity index (χ2v) is 11.7. The summed E-state index contributed by atoms with van der Waals surface area (Å²) in [6.45, 7) is 1.61. The summed E-state index contributed by atoms with van der Waals surface area (Å²) in [5, 5.41) is 28.0. The van der Waals surface area contributed by atoms with E-state index in [-0.39, 0.29) is 5.56 Å². The Morgan fingerprint density at radius 1 is 0.714 bits per heavy atom. The van der Waals surface area contributed by atoms with E-state index in [1.165, 1.54) is 24.4 Å². The van der Waals surface area contributed by atoms with Crippen LogP contribution in [-0.2, 0) is 18.1 Å². The van der Waals surface area contributed by atoms with E-state index in [4.69, 9.17) is 0 Å². The summed E-state index contributed by atoms with van der Waals surface area (Å²) in [6, 6.07) is 17.4. The first-order valence-electron chi connectivity index (χ1n) is 15.1. The molecule has 0 amide bonds. The number of hydrogen-bond acceptors (Lipinski definition) is 7. The number of anilines is 2. The lowest BCUT2D eigenvalue weighted by Gasteiger charge is -2.37. The summed E-state index contributed by atoms with van der Waals surface area (Å²) >= 11 is 0. The first-order valence-corrected chi connectivity index (χ1v) is 15.1. The van der Waals surface area contributed by atoms with Crippen molar-refractivity contribution in [3.63, 3.8) is 0 Å². The van der Waals surface area contributed by atoms with Gasteiger partial charge in [-0.15, -0.1) is 10.2 Å². The van der Waals surface area contributed by atoms with Crippen LogP contribution in [0.25, 0.3) is 11.1 Å². The van der Waals surface area contributed by atoms with Crippen LogP contribution < -0.4 is 9.80 Å². The Labute approximate surface area is 275 Å². The van der Waals surface area contributed by atoms with E-state index >= 15 is 8.78 Å². The molecular formula is C34H29F7N6O2. The number of aromatic nitrogens is 4. The fraction of sp³-hybridized carbons (Fsp3) is 0.265. The second kappa shape index (κ2) is 13.1. The van der Waals surface area contributed by atoms with Crippen LogP contribution in [0.4, 0.5) is 42.1 Å². The molecule has 3 aromatic carbocycles. The molecule has 1 aliphatic rings. The van der Waals surface area contributed by atoms with Crippen molar-refractivity contribution in [2.45, 2.75) is 30.3 Å². The molecule has 256 valence electrons. The van der Waals surface area contributed by atoms with Crippen LogP contribution in [0.15, 0.2) is 97.7 Å². The van der Waals surface area contributed by atoms with Gasteiger partial charge in [0.1, 0.15) is 30.0 Å². The van der Waals surface area contributed by atoms with Crippen molar-refractivity contribution in [3.05, 3.63) is 126 Å². The first kappa shape index (κ1) is 33.9. The summed E-state index contributed by atoms with van der Waals surface area (Å²) in [6.07, 6.45) is -3.89. The fourth-order valence-corrected chi connectivity index (χ4v) is 5.85. The SMILES string of the molecule is OC(c1ccc(N2CCN(c3ccc(-c4ccc(C(F)(F)C(O)(Cn5cnnc5)c5ccc(F)cc5F)nc4)cc3)CC2)cc1)C(F)(F)F. The first-order chi connectivity index (χ1) is 23.3. The number of alkyl halides is 5. The molecule has 1 saturated heterocycles. The second-order valence-electron chi connectivity index (χ2n) is 11.7. The van der Waals surface area contributed by atoms with Crippen molar-refractivity contribution in [2.75, 3.05) is 36.0 Å². The van der Waals surface area contributed by atoms with Gasteiger partial charge >= 0.3 is 12.1 Å². The van der Waals surface area contributed by atoms with Crippen molar-refractivity contribution >= 4 is 11.4 Å². The number of rotatable bonds is 9. The van der Waals surface area contributed by atoms with Crippen LogP contribution >= 0.6 is 0 Å². The maximum Gasteiger partial charge on any atom is 0.418 e. The van der Waals surface area contributed by atoms with Gasteiger partial charge in [0.05, 0.1) is 6.54 Å². The summed E-state index contributed by atoms with van der Waals surface area (Å²) in [5.74, 6) is -6.50. The summed E-state index contributed by atoms with van der Waals surface area (Å²) < 4.78 is 100. The molecule has 5 aromatic rings. The Morgan fingerprint density at radius 2 is 1.27 bits per heavy atom. The molecule has 49 heavy (non-hydrogen) atoms. The smallest absolute Gasteiger partial charge is 0.379 e. The highest BCUT2D eigenvalue weighted by atomic mass is 19.4. The minimum atomic E-state index is -4.74. The quantitative estimate of drug-likeness (QED) is 0.178. The molecule has 1 fully saturated rings. The van der Waals surface area contributed by atoms with E-state index in [0.717, 1.165) is 46.8 Å². The molecule has 8 nitrogen and oxygen atoms in total. The van der Waals surface area contributed by atoms with Crippen LogP contribution in [0.3, 0.4) is 0 Å². The molecule has 2 unspecified atom stereocenters. The molecule has 3 heterocycles. The average molecular weight is 687 g/mol. The molecule has 6 rings (SSSR count). The van der Waals surface area contributed by atoms with Crippen molar-refractivity contribution in [1.82, 2.24) is 19.7 Å². The Balaban J connectivity index is 1.14. The highest BCUT2D eigenvalue weighted by Crippen LogP contribution is 2.47.